The minimum absolute atomic E-state index is 0.123. The summed E-state index contributed by atoms with van der Waals surface area (Å²) >= 11 is 11.9. The number of rotatable bonds is 4. The molecule has 2 aromatic carbocycles. The molecule has 0 aliphatic carbocycles. The van der Waals surface area contributed by atoms with Crippen LogP contribution in [-0.2, 0) is 9.53 Å². The second-order valence-corrected chi connectivity index (χ2v) is 5.71. The van der Waals surface area contributed by atoms with Crippen molar-refractivity contribution in [1.29, 1.82) is 5.26 Å². The molecule has 0 spiro atoms. The second kappa shape index (κ2) is 8.34. The zero-order valence-electron chi connectivity index (χ0n) is 13.0. The van der Waals surface area contributed by atoms with E-state index in [4.69, 9.17) is 23.2 Å². The van der Waals surface area contributed by atoms with Gasteiger partial charge < -0.3 is 10.1 Å². The summed E-state index contributed by atoms with van der Waals surface area (Å²) in [7, 11) is 1.29. The molecule has 0 radical (unpaired) electrons. The fourth-order valence-electron chi connectivity index (χ4n) is 1.93. The van der Waals surface area contributed by atoms with E-state index in [1.165, 1.54) is 19.3 Å². The van der Waals surface area contributed by atoms with Gasteiger partial charge in [-0.3, -0.25) is 4.79 Å². The van der Waals surface area contributed by atoms with E-state index in [0.29, 0.717) is 26.9 Å². The summed E-state index contributed by atoms with van der Waals surface area (Å²) in [5.41, 5.74) is 1.13. The number of carbonyl (C=O) groups excluding carboxylic acids is 2. The van der Waals surface area contributed by atoms with Gasteiger partial charge in [0.1, 0.15) is 11.6 Å². The minimum atomic E-state index is -0.622. The lowest BCUT2D eigenvalue weighted by Gasteiger charge is -2.07. The van der Waals surface area contributed by atoms with Crippen LogP contribution in [0.25, 0.3) is 6.08 Å². The average Bonchev–Trinajstić information content (AvgIpc) is 2.62. The predicted molar refractivity (Wildman–Crippen MR) is 96.5 cm³/mol. The fraction of sp³-hybridized carbons (Fsp3) is 0.0556. The maximum absolute atomic E-state index is 12.3. The van der Waals surface area contributed by atoms with Crippen molar-refractivity contribution < 1.29 is 14.3 Å². The van der Waals surface area contributed by atoms with Gasteiger partial charge in [0.05, 0.1) is 23.4 Å². The predicted octanol–water partition coefficient (Wildman–Crippen LogP) is 4.33. The van der Waals surface area contributed by atoms with Crippen LogP contribution in [0.4, 0.5) is 5.69 Å². The van der Waals surface area contributed by atoms with Crippen molar-refractivity contribution in [2.24, 2.45) is 0 Å². The molecule has 0 unspecified atom stereocenters. The normalized spacial score (nSPS) is 10.7. The molecular weight excluding hydrogens is 363 g/mol. The first kappa shape index (κ1) is 18.5. The number of nitrogens with zero attached hydrogens (tertiary/aromatic N) is 1. The molecule has 126 valence electrons. The van der Waals surface area contributed by atoms with Crippen LogP contribution in [0.3, 0.4) is 0 Å². The third kappa shape index (κ3) is 4.83. The maximum Gasteiger partial charge on any atom is 0.337 e. The molecule has 25 heavy (non-hydrogen) atoms. The molecule has 7 heteroatoms. The number of nitriles is 1. The molecule has 2 aromatic rings. The molecule has 5 nitrogen and oxygen atoms in total. The molecule has 0 atom stereocenters. The number of benzene rings is 2. The van der Waals surface area contributed by atoms with Gasteiger partial charge in [-0.1, -0.05) is 35.3 Å². The van der Waals surface area contributed by atoms with Gasteiger partial charge in [-0.2, -0.15) is 5.26 Å². The van der Waals surface area contributed by atoms with E-state index in [1.54, 1.807) is 36.4 Å². The topological polar surface area (TPSA) is 79.2 Å². The lowest BCUT2D eigenvalue weighted by molar-refractivity contribution is -0.112. The number of ether oxygens (including phenoxy) is 1. The van der Waals surface area contributed by atoms with Gasteiger partial charge in [0.2, 0.25) is 0 Å². The summed E-state index contributed by atoms with van der Waals surface area (Å²) in [6.45, 7) is 0. The monoisotopic (exact) mass is 374 g/mol. The van der Waals surface area contributed by atoms with Crippen molar-refractivity contribution >= 4 is 46.8 Å². The summed E-state index contributed by atoms with van der Waals surface area (Å²) in [4.78, 5) is 23.7. The molecule has 0 bridgehead atoms. The van der Waals surface area contributed by atoms with Crippen molar-refractivity contribution in [2.75, 3.05) is 12.4 Å². The van der Waals surface area contributed by atoms with Gasteiger partial charge in [-0.05, 0) is 42.0 Å². The molecule has 0 heterocycles. The summed E-state index contributed by atoms with van der Waals surface area (Å²) in [6, 6.07) is 12.7. The van der Waals surface area contributed by atoms with Crippen LogP contribution < -0.4 is 5.32 Å². The molecule has 1 amide bonds. The van der Waals surface area contributed by atoms with Crippen LogP contribution in [0.2, 0.25) is 10.0 Å². The largest absolute Gasteiger partial charge is 0.465 e. The third-order valence-corrected chi connectivity index (χ3v) is 3.75. The number of nitrogens with one attached hydrogen (secondary N) is 1. The number of esters is 1. The summed E-state index contributed by atoms with van der Waals surface area (Å²) in [5.74, 6) is -1.09. The van der Waals surface area contributed by atoms with Crippen LogP contribution in [0.5, 0.6) is 0 Å². The highest BCUT2D eigenvalue weighted by atomic mass is 35.5. The van der Waals surface area contributed by atoms with Crippen molar-refractivity contribution in [3.63, 3.8) is 0 Å². The Morgan fingerprint density at radius 3 is 2.44 bits per heavy atom. The highest BCUT2D eigenvalue weighted by Gasteiger charge is 2.12. The molecular formula is C18H12Cl2N2O3. The van der Waals surface area contributed by atoms with Gasteiger partial charge >= 0.3 is 5.97 Å². The number of amides is 1. The van der Waals surface area contributed by atoms with Crippen LogP contribution >= 0.6 is 23.2 Å². The van der Waals surface area contributed by atoms with Gasteiger partial charge in [-0.15, -0.1) is 0 Å². The van der Waals surface area contributed by atoms with Crippen LogP contribution in [0.15, 0.2) is 48.0 Å². The number of halogens is 2. The number of carbonyl (C=O) groups is 2. The van der Waals surface area contributed by atoms with E-state index in [1.807, 2.05) is 6.07 Å². The smallest absolute Gasteiger partial charge is 0.337 e. The first-order valence-corrected chi connectivity index (χ1v) is 7.76. The molecule has 0 aliphatic rings. The molecule has 0 aliphatic heterocycles. The lowest BCUT2D eigenvalue weighted by atomic mass is 10.1. The van der Waals surface area contributed by atoms with Crippen LogP contribution in [0, 0.1) is 11.3 Å². The standard InChI is InChI=1S/C18H12Cl2N2O3/c1-25-18(24)12-4-2-11(3-5-12)8-13(10-21)17(23)22-16-9-14(19)6-7-15(16)20/h2-9H,1H3,(H,22,23)/b13-8+. The summed E-state index contributed by atoms with van der Waals surface area (Å²) < 4.78 is 4.61. The number of anilines is 1. The van der Waals surface area contributed by atoms with E-state index < -0.39 is 11.9 Å². The Balaban J connectivity index is 2.22. The SMILES string of the molecule is COC(=O)c1ccc(/C=C(\C#N)C(=O)Nc2cc(Cl)ccc2Cl)cc1. The van der Waals surface area contributed by atoms with Gasteiger partial charge in [0.15, 0.2) is 0 Å². The maximum atomic E-state index is 12.3. The van der Waals surface area contributed by atoms with Crippen LogP contribution in [0.1, 0.15) is 15.9 Å². The number of methoxy groups -OCH3 is 1. The summed E-state index contributed by atoms with van der Waals surface area (Å²) in [5, 5.41) is 12.5. The Hall–Kier alpha value is -2.81. The zero-order chi connectivity index (χ0) is 18.4. The lowest BCUT2D eigenvalue weighted by Crippen LogP contribution is -2.13. The van der Waals surface area contributed by atoms with Gasteiger partial charge in [0, 0.05) is 5.02 Å². The highest BCUT2D eigenvalue weighted by molar-refractivity contribution is 6.36. The molecule has 0 saturated carbocycles. The highest BCUT2D eigenvalue weighted by Crippen LogP contribution is 2.26. The summed E-state index contributed by atoms with van der Waals surface area (Å²) in [6.07, 6.45) is 1.40. The quantitative estimate of drug-likeness (QED) is 0.490. The van der Waals surface area contributed by atoms with E-state index in [2.05, 4.69) is 10.1 Å². The zero-order valence-corrected chi connectivity index (χ0v) is 14.6. The van der Waals surface area contributed by atoms with Crippen molar-refractivity contribution in [2.45, 2.75) is 0 Å². The molecule has 1 N–H and O–H groups in total. The first-order chi connectivity index (χ1) is 11.9. The van der Waals surface area contributed by atoms with Crippen molar-refractivity contribution in [1.82, 2.24) is 0 Å². The Morgan fingerprint density at radius 1 is 1.16 bits per heavy atom. The third-order valence-electron chi connectivity index (χ3n) is 3.18. The molecule has 0 fully saturated rings. The minimum Gasteiger partial charge on any atom is -0.465 e. The average molecular weight is 375 g/mol. The number of hydrogen-bond donors (Lipinski definition) is 1. The molecule has 0 aromatic heterocycles. The number of hydrogen-bond acceptors (Lipinski definition) is 4. The Morgan fingerprint density at radius 2 is 1.84 bits per heavy atom. The Labute approximate surface area is 154 Å². The van der Waals surface area contributed by atoms with E-state index in [-0.39, 0.29) is 5.57 Å². The van der Waals surface area contributed by atoms with E-state index >= 15 is 0 Å². The van der Waals surface area contributed by atoms with Crippen molar-refractivity contribution in [3.8, 4) is 6.07 Å². The first-order valence-electron chi connectivity index (χ1n) is 7.01. The molecule has 2 rings (SSSR count). The Bertz CT molecular complexity index is 884. The van der Waals surface area contributed by atoms with E-state index in [9.17, 15) is 14.9 Å². The van der Waals surface area contributed by atoms with E-state index in [0.717, 1.165) is 0 Å². The van der Waals surface area contributed by atoms with Gasteiger partial charge in [0.25, 0.3) is 5.91 Å². The Kier molecular flexibility index (Phi) is 6.18. The fourth-order valence-corrected chi connectivity index (χ4v) is 2.27. The van der Waals surface area contributed by atoms with Gasteiger partial charge in [-0.25, -0.2) is 4.79 Å². The van der Waals surface area contributed by atoms with Crippen LogP contribution in [-0.4, -0.2) is 19.0 Å². The molecule has 0 saturated heterocycles. The second-order valence-electron chi connectivity index (χ2n) is 4.86. The van der Waals surface area contributed by atoms with Crippen molar-refractivity contribution in [3.05, 3.63) is 69.2 Å².